The predicted molar refractivity (Wildman–Crippen MR) is 108 cm³/mol. The van der Waals surface area contributed by atoms with Crippen LogP contribution in [0.25, 0.3) is 0 Å². The lowest BCUT2D eigenvalue weighted by molar-refractivity contribution is -0.138. The quantitative estimate of drug-likeness (QED) is 0.557. The summed E-state index contributed by atoms with van der Waals surface area (Å²) >= 11 is 0. The highest BCUT2D eigenvalue weighted by Crippen LogP contribution is 2.20. The van der Waals surface area contributed by atoms with E-state index in [2.05, 4.69) is 10.6 Å². The lowest BCUT2D eigenvalue weighted by atomic mass is 10.0. The number of hydrogen-bond acceptors (Lipinski definition) is 5. The van der Waals surface area contributed by atoms with Gasteiger partial charge in [-0.3, -0.25) is 19.3 Å². The molecular weight excluding hydrogens is 390 g/mol. The molecule has 1 fully saturated rings. The molecule has 0 radical (unpaired) electrons. The van der Waals surface area contributed by atoms with Gasteiger partial charge in [-0.05, 0) is 30.7 Å². The normalized spacial score (nSPS) is 16.8. The van der Waals surface area contributed by atoms with E-state index < -0.39 is 42.5 Å². The zero-order chi connectivity index (χ0) is 22.1. The van der Waals surface area contributed by atoms with E-state index in [1.54, 1.807) is 0 Å². The summed E-state index contributed by atoms with van der Waals surface area (Å²) in [6.07, 6.45) is 0.894. The fourth-order valence-electron chi connectivity index (χ4n) is 3.32. The molecule has 0 spiro atoms. The van der Waals surface area contributed by atoms with E-state index in [0.717, 1.165) is 5.56 Å². The van der Waals surface area contributed by atoms with Gasteiger partial charge in [0.15, 0.2) is 0 Å². The van der Waals surface area contributed by atoms with Crippen molar-refractivity contribution in [1.82, 2.24) is 15.5 Å². The third-order valence-corrected chi connectivity index (χ3v) is 4.75. The molecular formula is C21H29N3O6. The van der Waals surface area contributed by atoms with Crippen molar-refractivity contribution in [2.45, 2.75) is 51.8 Å². The van der Waals surface area contributed by atoms with Crippen molar-refractivity contribution in [3.63, 3.8) is 0 Å². The minimum atomic E-state index is -1.17. The molecule has 3 amide bonds. The van der Waals surface area contributed by atoms with Gasteiger partial charge in [-0.25, -0.2) is 4.79 Å². The minimum Gasteiger partial charge on any atom is -0.480 e. The van der Waals surface area contributed by atoms with Crippen LogP contribution in [0.15, 0.2) is 30.3 Å². The van der Waals surface area contributed by atoms with Crippen LogP contribution in [-0.2, 0) is 25.7 Å². The summed E-state index contributed by atoms with van der Waals surface area (Å²) in [6.45, 7) is 3.77. The molecule has 9 nitrogen and oxygen atoms in total. The Morgan fingerprint density at radius 1 is 1.20 bits per heavy atom. The van der Waals surface area contributed by atoms with Crippen molar-refractivity contribution >= 4 is 23.9 Å². The zero-order valence-corrected chi connectivity index (χ0v) is 17.3. The maximum absolute atomic E-state index is 12.8. The molecule has 164 valence electrons. The number of hydrogen-bond donors (Lipinski definition) is 3. The van der Waals surface area contributed by atoms with Gasteiger partial charge in [0.25, 0.3) is 0 Å². The zero-order valence-electron chi connectivity index (χ0n) is 17.3. The third kappa shape index (κ3) is 7.06. The van der Waals surface area contributed by atoms with Crippen LogP contribution in [-0.4, -0.2) is 59.1 Å². The molecule has 1 aliphatic heterocycles. The van der Waals surface area contributed by atoms with E-state index >= 15 is 0 Å². The molecule has 0 aromatic heterocycles. The summed E-state index contributed by atoms with van der Waals surface area (Å²) in [7, 11) is 0. The first kappa shape index (κ1) is 23.2. The Hall–Kier alpha value is -3.10. The number of carboxylic acid groups (broad SMARTS) is 1. The van der Waals surface area contributed by atoms with Crippen molar-refractivity contribution in [1.29, 1.82) is 0 Å². The van der Waals surface area contributed by atoms with Crippen LogP contribution >= 0.6 is 0 Å². The first-order chi connectivity index (χ1) is 14.3. The van der Waals surface area contributed by atoms with Crippen LogP contribution < -0.4 is 10.6 Å². The molecule has 2 atom stereocenters. The molecule has 1 saturated heterocycles. The average molecular weight is 419 g/mol. The van der Waals surface area contributed by atoms with Crippen LogP contribution in [0.5, 0.6) is 0 Å². The standard InChI is InChI=1S/C21H29N3O6/c1-14(2)11-16(19(27)22-12-18(25)26)23-20(28)17-9-6-10-24(17)21(29)30-13-15-7-4-3-5-8-15/h3-5,7-8,14,16-17H,6,9-13H2,1-2H3,(H,22,27)(H,23,28)(H,25,26)/t16-,17-/m1/s1. The van der Waals surface area contributed by atoms with Gasteiger partial charge in [0.1, 0.15) is 25.2 Å². The van der Waals surface area contributed by atoms with E-state index in [1.165, 1.54) is 4.90 Å². The second-order valence-electron chi connectivity index (χ2n) is 7.69. The van der Waals surface area contributed by atoms with E-state index in [-0.39, 0.29) is 12.5 Å². The van der Waals surface area contributed by atoms with Gasteiger partial charge in [-0.1, -0.05) is 44.2 Å². The van der Waals surface area contributed by atoms with Gasteiger partial charge in [-0.2, -0.15) is 0 Å². The third-order valence-electron chi connectivity index (χ3n) is 4.75. The average Bonchev–Trinajstić information content (AvgIpc) is 3.20. The molecule has 0 unspecified atom stereocenters. The van der Waals surface area contributed by atoms with Crippen molar-refractivity contribution in [3.05, 3.63) is 35.9 Å². The molecule has 1 aliphatic rings. The minimum absolute atomic E-state index is 0.0985. The number of carboxylic acids is 1. The van der Waals surface area contributed by atoms with Gasteiger partial charge in [0, 0.05) is 6.54 Å². The van der Waals surface area contributed by atoms with Crippen molar-refractivity contribution in [2.75, 3.05) is 13.1 Å². The Morgan fingerprint density at radius 2 is 1.90 bits per heavy atom. The van der Waals surface area contributed by atoms with Crippen LogP contribution in [0.1, 0.15) is 38.7 Å². The fourth-order valence-corrected chi connectivity index (χ4v) is 3.32. The maximum Gasteiger partial charge on any atom is 0.410 e. The number of benzene rings is 1. The van der Waals surface area contributed by atoms with Gasteiger partial charge in [0.05, 0.1) is 0 Å². The summed E-state index contributed by atoms with van der Waals surface area (Å²) in [4.78, 5) is 49.7. The molecule has 1 heterocycles. The van der Waals surface area contributed by atoms with E-state index in [0.29, 0.717) is 25.8 Å². The fraction of sp³-hybridized carbons (Fsp3) is 0.524. The number of nitrogens with zero attached hydrogens (tertiary/aromatic N) is 1. The molecule has 9 heteroatoms. The Kier molecular flexibility index (Phi) is 8.64. The van der Waals surface area contributed by atoms with E-state index in [9.17, 15) is 19.2 Å². The SMILES string of the molecule is CC(C)C[C@@H](NC(=O)[C@H]1CCCN1C(=O)OCc1ccccc1)C(=O)NCC(=O)O. The number of nitrogens with one attached hydrogen (secondary N) is 2. The van der Waals surface area contributed by atoms with Gasteiger partial charge in [-0.15, -0.1) is 0 Å². The highest BCUT2D eigenvalue weighted by Gasteiger charge is 2.36. The second kappa shape index (κ2) is 11.2. The summed E-state index contributed by atoms with van der Waals surface area (Å²) < 4.78 is 5.34. The first-order valence-electron chi connectivity index (χ1n) is 10.0. The number of aliphatic carboxylic acids is 1. The molecule has 0 bridgehead atoms. The van der Waals surface area contributed by atoms with Gasteiger partial charge < -0.3 is 20.5 Å². The van der Waals surface area contributed by atoms with Gasteiger partial charge in [0.2, 0.25) is 11.8 Å². The Bertz CT molecular complexity index is 752. The Labute approximate surface area is 175 Å². The number of amides is 3. The van der Waals surface area contributed by atoms with Crippen LogP contribution in [0.3, 0.4) is 0 Å². The second-order valence-corrected chi connectivity index (χ2v) is 7.69. The topological polar surface area (TPSA) is 125 Å². The van der Waals surface area contributed by atoms with Crippen molar-refractivity contribution in [3.8, 4) is 0 Å². The Morgan fingerprint density at radius 3 is 2.53 bits per heavy atom. The predicted octanol–water partition coefficient (Wildman–Crippen LogP) is 1.52. The molecule has 30 heavy (non-hydrogen) atoms. The van der Waals surface area contributed by atoms with E-state index in [4.69, 9.17) is 9.84 Å². The highest BCUT2D eigenvalue weighted by molar-refractivity contribution is 5.92. The maximum atomic E-state index is 12.8. The van der Waals surface area contributed by atoms with Crippen LogP contribution in [0, 0.1) is 5.92 Å². The lowest BCUT2D eigenvalue weighted by Gasteiger charge is -2.26. The molecule has 3 N–H and O–H groups in total. The summed E-state index contributed by atoms with van der Waals surface area (Å²) in [6, 6.07) is 7.64. The number of ether oxygens (including phenoxy) is 1. The number of carbonyl (C=O) groups excluding carboxylic acids is 3. The Balaban J connectivity index is 1.96. The molecule has 1 aromatic carbocycles. The van der Waals surface area contributed by atoms with Crippen molar-refractivity contribution in [2.24, 2.45) is 5.92 Å². The molecule has 1 aromatic rings. The summed E-state index contributed by atoms with van der Waals surface area (Å²) in [5.41, 5.74) is 0.846. The molecule has 2 rings (SSSR count). The van der Waals surface area contributed by atoms with E-state index in [1.807, 2.05) is 44.2 Å². The molecule has 0 saturated carbocycles. The number of likely N-dealkylation sites (tertiary alicyclic amines) is 1. The van der Waals surface area contributed by atoms with Crippen molar-refractivity contribution < 1.29 is 29.0 Å². The largest absolute Gasteiger partial charge is 0.480 e. The highest BCUT2D eigenvalue weighted by atomic mass is 16.6. The van der Waals surface area contributed by atoms with Crippen LogP contribution in [0.4, 0.5) is 4.79 Å². The number of carbonyl (C=O) groups is 4. The first-order valence-corrected chi connectivity index (χ1v) is 10.0. The van der Waals surface area contributed by atoms with Gasteiger partial charge >= 0.3 is 12.1 Å². The summed E-state index contributed by atoms with van der Waals surface area (Å²) in [5.74, 6) is -2.07. The van der Waals surface area contributed by atoms with Crippen LogP contribution in [0.2, 0.25) is 0 Å². The monoisotopic (exact) mass is 419 g/mol. The molecule has 0 aliphatic carbocycles. The number of rotatable bonds is 9. The smallest absolute Gasteiger partial charge is 0.410 e. The lowest BCUT2D eigenvalue weighted by Crippen LogP contribution is -2.54. The summed E-state index contributed by atoms with van der Waals surface area (Å²) in [5, 5.41) is 13.7.